The molecule has 2 N–H and O–H groups in total. The zero-order chi connectivity index (χ0) is 15.0. The Labute approximate surface area is 123 Å². The zero-order valence-corrected chi connectivity index (χ0v) is 12.5. The zero-order valence-electron chi connectivity index (χ0n) is 12.5. The van der Waals surface area contributed by atoms with Crippen molar-refractivity contribution >= 4 is 5.91 Å². The van der Waals surface area contributed by atoms with Crippen LogP contribution in [0.2, 0.25) is 0 Å². The number of aromatic nitrogens is 2. The van der Waals surface area contributed by atoms with E-state index in [1.807, 2.05) is 24.3 Å². The third kappa shape index (κ3) is 2.51. The molecule has 0 bridgehead atoms. The van der Waals surface area contributed by atoms with E-state index in [1.165, 1.54) is 0 Å². The summed E-state index contributed by atoms with van der Waals surface area (Å²) in [4.78, 5) is 20.0. The SMILES string of the molecule is COc1ccccc1-c1nc2c([nH]1)CC(C)(C)CNC2=O. The van der Waals surface area contributed by atoms with E-state index in [0.29, 0.717) is 18.1 Å². The molecule has 1 aromatic carbocycles. The minimum absolute atomic E-state index is 0.00544. The van der Waals surface area contributed by atoms with Gasteiger partial charge in [0.05, 0.1) is 12.7 Å². The smallest absolute Gasteiger partial charge is 0.271 e. The monoisotopic (exact) mass is 285 g/mol. The lowest BCUT2D eigenvalue weighted by Gasteiger charge is -2.21. The number of imidazole rings is 1. The lowest BCUT2D eigenvalue weighted by Crippen LogP contribution is -2.32. The summed E-state index contributed by atoms with van der Waals surface area (Å²) in [5, 5.41) is 2.93. The van der Waals surface area contributed by atoms with Gasteiger partial charge in [0, 0.05) is 12.2 Å². The van der Waals surface area contributed by atoms with Crippen LogP contribution in [-0.4, -0.2) is 29.5 Å². The fourth-order valence-corrected chi connectivity index (χ4v) is 2.64. The van der Waals surface area contributed by atoms with Crippen molar-refractivity contribution in [1.29, 1.82) is 0 Å². The Balaban J connectivity index is 2.08. The highest BCUT2D eigenvalue weighted by Crippen LogP contribution is 2.31. The van der Waals surface area contributed by atoms with E-state index in [0.717, 1.165) is 23.4 Å². The predicted octanol–water partition coefficient (Wildman–Crippen LogP) is 2.40. The number of amides is 1. The van der Waals surface area contributed by atoms with Crippen LogP contribution in [0.1, 0.15) is 30.0 Å². The first-order valence-electron chi connectivity index (χ1n) is 7.01. The van der Waals surface area contributed by atoms with Gasteiger partial charge in [-0.05, 0) is 24.0 Å². The Morgan fingerprint density at radius 3 is 2.81 bits per heavy atom. The molecule has 5 nitrogen and oxygen atoms in total. The molecule has 0 saturated carbocycles. The number of hydrogen-bond donors (Lipinski definition) is 2. The molecule has 1 amide bonds. The maximum absolute atomic E-state index is 12.2. The first-order chi connectivity index (χ1) is 10.00. The van der Waals surface area contributed by atoms with E-state index >= 15 is 0 Å². The summed E-state index contributed by atoms with van der Waals surface area (Å²) >= 11 is 0. The summed E-state index contributed by atoms with van der Waals surface area (Å²) in [5.74, 6) is 1.29. The van der Waals surface area contributed by atoms with Gasteiger partial charge in [0.25, 0.3) is 5.91 Å². The van der Waals surface area contributed by atoms with Crippen molar-refractivity contribution in [2.75, 3.05) is 13.7 Å². The van der Waals surface area contributed by atoms with Gasteiger partial charge in [-0.1, -0.05) is 26.0 Å². The summed E-state index contributed by atoms with van der Waals surface area (Å²) in [6.45, 7) is 4.91. The molecule has 0 aliphatic carbocycles. The number of carbonyl (C=O) groups excluding carboxylic acids is 1. The van der Waals surface area contributed by atoms with E-state index in [-0.39, 0.29) is 11.3 Å². The lowest BCUT2D eigenvalue weighted by molar-refractivity contribution is 0.0940. The minimum atomic E-state index is -0.118. The summed E-state index contributed by atoms with van der Waals surface area (Å²) in [7, 11) is 1.63. The molecular formula is C16H19N3O2. The highest BCUT2D eigenvalue weighted by molar-refractivity contribution is 5.94. The number of carbonyl (C=O) groups is 1. The Hall–Kier alpha value is -2.30. The average Bonchev–Trinajstić information content (AvgIpc) is 2.83. The first-order valence-corrected chi connectivity index (χ1v) is 7.01. The van der Waals surface area contributed by atoms with Crippen LogP contribution in [0.15, 0.2) is 24.3 Å². The van der Waals surface area contributed by atoms with Gasteiger partial charge in [0.2, 0.25) is 0 Å². The third-order valence-electron chi connectivity index (χ3n) is 3.74. The number of aromatic amines is 1. The predicted molar refractivity (Wildman–Crippen MR) is 80.4 cm³/mol. The van der Waals surface area contributed by atoms with Gasteiger partial charge >= 0.3 is 0 Å². The van der Waals surface area contributed by atoms with Gasteiger partial charge in [-0.25, -0.2) is 4.98 Å². The molecule has 21 heavy (non-hydrogen) atoms. The number of nitrogens with one attached hydrogen (secondary N) is 2. The number of ether oxygens (including phenoxy) is 1. The number of methoxy groups -OCH3 is 1. The molecule has 110 valence electrons. The van der Waals surface area contributed by atoms with E-state index in [2.05, 4.69) is 29.1 Å². The molecule has 1 aliphatic heterocycles. The standard InChI is InChI=1S/C16H19N3O2/c1-16(2)8-11-13(15(20)17-9-16)19-14(18-11)10-6-4-5-7-12(10)21-3/h4-7H,8-9H2,1-3H3,(H,17,20)(H,18,19). The molecule has 0 radical (unpaired) electrons. The van der Waals surface area contributed by atoms with Crippen LogP contribution in [0.3, 0.4) is 0 Å². The second-order valence-electron chi connectivity index (χ2n) is 6.14. The summed E-state index contributed by atoms with van der Waals surface area (Å²) in [5.41, 5.74) is 2.24. The topological polar surface area (TPSA) is 67.0 Å². The Bertz CT molecular complexity index is 689. The van der Waals surface area contributed by atoms with Crippen LogP contribution >= 0.6 is 0 Å². The van der Waals surface area contributed by atoms with Gasteiger partial charge in [-0.3, -0.25) is 4.79 Å². The van der Waals surface area contributed by atoms with Crippen molar-refractivity contribution < 1.29 is 9.53 Å². The van der Waals surface area contributed by atoms with Crippen LogP contribution in [-0.2, 0) is 6.42 Å². The van der Waals surface area contributed by atoms with Crippen molar-refractivity contribution in [1.82, 2.24) is 15.3 Å². The molecular weight excluding hydrogens is 266 g/mol. The molecule has 0 fully saturated rings. The summed E-state index contributed by atoms with van der Waals surface area (Å²) in [6, 6.07) is 7.65. The second-order valence-corrected chi connectivity index (χ2v) is 6.14. The Morgan fingerprint density at radius 2 is 2.05 bits per heavy atom. The molecule has 3 rings (SSSR count). The number of rotatable bonds is 2. The van der Waals surface area contributed by atoms with Crippen LogP contribution in [0.25, 0.3) is 11.4 Å². The van der Waals surface area contributed by atoms with Crippen LogP contribution in [0.4, 0.5) is 0 Å². The number of nitrogens with zero attached hydrogens (tertiary/aromatic N) is 1. The molecule has 1 aromatic heterocycles. The van der Waals surface area contributed by atoms with Crippen LogP contribution in [0.5, 0.6) is 5.75 Å². The van der Waals surface area contributed by atoms with E-state index in [1.54, 1.807) is 7.11 Å². The number of benzene rings is 1. The van der Waals surface area contributed by atoms with Crippen LogP contribution < -0.4 is 10.1 Å². The van der Waals surface area contributed by atoms with Crippen molar-refractivity contribution in [3.05, 3.63) is 35.7 Å². The number of para-hydroxylation sites is 1. The number of H-pyrrole nitrogens is 1. The average molecular weight is 285 g/mol. The van der Waals surface area contributed by atoms with Crippen molar-refractivity contribution in [2.24, 2.45) is 5.41 Å². The van der Waals surface area contributed by atoms with Gasteiger partial charge in [0.1, 0.15) is 17.3 Å². The molecule has 0 atom stereocenters. The highest BCUT2D eigenvalue weighted by atomic mass is 16.5. The van der Waals surface area contributed by atoms with Gasteiger partial charge in [-0.2, -0.15) is 0 Å². The maximum Gasteiger partial charge on any atom is 0.271 e. The number of hydrogen-bond acceptors (Lipinski definition) is 3. The van der Waals surface area contributed by atoms with E-state index < -0.39 is 0 Å². The largest absolute Gasteiger partial charge is 0.496 e. The van der Waals surface area contributed by atoms with Gasteiger partial charge < -0.3 is 15.0 Å². The fraction of sp³-hybridized carbons (Fsp3) is 0.375. The Morgan fingerprint density at radius 1 is 1.29 bits per heavy atom. The van der Waals surface area contributed by atoms with E-state index in [4.69, 9.17) is 4.74 Å². The third-order valence-corrected chi connectivity index (χ3v) is 3.74. The summed E-state index contributed by atoms with van der Waals surface area (Å²) < 4.78 is 5.36. The first kappa shape index (κ1) is 13.7. The molecule has 2 aromatic rings. The molecule has 2 heterocycles. The van der Waals surface area contributed by atoms with Crippen molar-refractivity contribution in [2.45, 2.75) is 20.3 Å². The van der Waals surface area contributed by atoms with Crippen LogP contribution in [0, 0.1) is 5.41 Å². The lowest BCUT2D eigenvalue weighted by atomic mass is 9.88. The number of fused-ring (bicyclic) bond motifs is 1. The molecule has 1 aliphatic rings. The quantitative estimate of drug-likeness (QED) is 0.890. The minimum Gasteiger partial charge on any atom is -0.496 e. The Kier molecular flexibility index (Phi) is 3.20. The van der Waals surface area contributed by atoms with Gasteiger partial charge in [0.15, 0.2) is 0 Å². The molecule has 5 heteroatoms. The molecule has 0 spiro atoms. The maximum atomic E-state index is 12.2. The van der Waals surface area contributed by atoms with Crippen molar-refractivity contribution in [3.8, 4) is 17.1 Å². The highest BCUT2D eigenvalue weighted by Gasteiger charge is 2.30. The molecule has 0 unspecified atom stereocenters. The van der Waals surface area contributed by atoms with Crippen molar-refractivity contribution in [3.63, 3.8) is 0 Å². The van der Waals surface area contributed by atoms with Gasteiger partial charge in [-0.15, -0.1) is 0 Å². The summed E-state index contributed by atoms with van der Waals surface area (Å²) in [6.07, 6.45) is 0.781. The normalized spacial score (nSPS) is 16.8. The fourth-order valence-electron chi connectivity index (χ4n) is 2.64. The second kappa shape index (κ2) is 4.91. The van der Waals surface area contributed by atoms with E-state index in [9.17, 15) is 4.79 Å². The molecule has 0 saturated heterocycles.